The fraction of sp³-hybridized carbons (Fsp3) is 0.571. The lowest BCUT2D eigenvalue weighted by atomic mass is 10.2. The Morgan fingerprint density at radius 1 is 1.29 bits per heavy atom. The summed E-state index contributed by atoms with van der Waals surface area (Å²) in [5.74, 6) is -0.717. The molecule has 120 valence electrons. The maximum atomic E-state index is 13.9. The van der Waals surface area contributed by atoms with Gasteiger partial charge in [-0.2, -0.15) is 4.31 Å². The summed E-state index contributed by atoms with van der Waals surface area (Å²) in [6, 6.07) is 2.61. The van der Waals surface area contributed by atoms with E-state index in [0.29, 0.717) is 25.2 Å². The van der Waals surface area contributed by atoms with Crippen molar-refractivity contribution in [3.05, 3.63) is 28.5 Å². The van der Waals surface area contributed by atoms with Crippen molar-refractivity contribution in [2.45, 2.75) is 45.2 Å². The number of nitrogens with zero attached hydrogens (tertiary/aromatic N) is 1. The van der Waals surface area contributed by atoms with Gasteiger partial charge in [0.2, 0.25) is 10.0 Å². The van der Waals surface area contributed by atoms with E-state index in [9.17, 15) is 12.8 Å². The lowest BCUT2D eigenvalue weighted by Gasteiger charge is -2.19. The number of sulfonamides is 1. The lowest BCUT2D eigenvalue weighted by molar-refractivity contribution is 0.444. The molecular weight excluding hydrogens is 315 g/mol. The van der Waals surface area contributed by atoms with Gasteiger partial charge in [0, 0.05) is 25.7 Å². The van der Waals surface area contributed by atoms with Crippen molar-refractivity contribution in [2.75, 3.05) is 13.1 Å². The molecule has 0 saturated carbocycles. The smallest absolute Gasteiger partial charge is 0.243 e. The van der Waals surface area contributed by atoms with Crippen LogP contribution in [0.4, 0.5) is 4.39 Å². The van der Waals surface area contributed by atoms with Crippen LogP contribution in [0, 0.1) is 5.82 Å². The summed E-state index contributed by atoms with van der Waals surface area (Å²) >= 11 is 5.92. The van der Waals surface area contributed by atoms with Gasteiger partial charge in [0.15, 0.2) is 0 Å². The fourth-order valence-electron chi connectivity index (χ4n) is 1.92. The third-order valence-corrected chi connectivity index (χ3v) is 5.57. The van der Waals surface area contributed by atoms with Crippen molar-refractivity contribution in [2.24, 2.45) is 0 Å². The van der Waals surface area contributed by atoms with E-state index in [2.05, 4.69) is 5.32 Å². The lowest BCUT2D eigenvalue weighted by Crippen LogP contribution is -2.31. The molecule has 1 aromatic rings. The van der Waals surface area contributed by atoms with Crippen molar-refractivity contribution >= 4 is 21.6 Å². The highest BCUT2D eigenvalue weighted by Gasteiger charge is 2.24. The second-order valence-electron chi connectivity index (χ2n) is 5.00. The van der Waals surface area contributed by atoms with Gasteiger partial charge in [-0.25, -0.2) is 12.8 Å². The minimum atomic E-state index is -3.69. The number of halogens is 2. The van der Waals surface area contributed by atoms with Crippen LogP contribution in [0.5, 0.6) is 0 Å². The number of rotatable bonds is 7. The topological polar surface area (TPSA) is 49.4 Å². The molecule has 0 amide bonds. The molecule has 0 heterocycles. The van der Waals surface area contributed by atoms with Gasteiger partial charge in [-0.1, -0.05) is 39.3 Å². The zero-order chi connectivity index (χ0) is 16.2. The molecule has 0 unspecified atom stereocenters. The van der Waals surface area contributed by atoms with Crippen molar-refractivity contribution in [3.63, 3.8) is 0 Å². The highest BCUT2D eigenvalue weighted by molar-refractivity contribution is 7.89. The largest absolute Gasteiger partial charge is 0.310 e. The first-order valence-electron chi connectivity index (χ1n) is 6.95. The molecule has 4 nitrogen and oxygen atoms in total. The summed E-state index contributed by atoms with van der Waals surface area (Å²) in [6.07, 6.45) is 0. The molecule has 0 fully saturated rings. The van der Waals surface area contributed by atoms with E-state index >= 15 is 0 Å². The van der Waals surface area contributed by atoms with Crippen LogP contribution in [0.15, 0.2) is 17.0 Å². The number of benzene rings is 1. The molecule has 0 aliphatic carbocycles. The minimum absolute atomic E-state index is 0.0401. The molecule has 0 atom stereocenters. The van der Waals surface area contributed by atoms with E-state index in [-0.39, 0.29) is 16.0 Å². The van der Waals surface area contributed by atoms with Crippen molar-refractivity contribution in [1.82, 2.24) is 9.62 Å². The van der Waals surface area contributed by atoms with Crippen LogP contribution in [-0.4, -0.2) is 31.9 Å². The first kappa shape index (κ1) is 18.4. The Labute approximate surface area is 131 Å². The highest BCUT2D eigenvalue weighted by Crippen LogP contribution is 2.26. The van der Waals surface area contributed by atoms with Crippen LogP contribution < -0.4 is 5.32 Å². The summed E-state index contributed by atoms with van der Waals surface area (Å²) in [6.45, 7) is 8.37. The van der Waals surface area contributed by atoms with E-state index in [1.54, 1.807) is 13.8 Å². The predicted molar refractivity (Wildman–Crippen MR) is 83.5 cm³/mol. The van der Waals surface area contributed by atoms with Gasteiger partial charge >= 0.3 is 0 Å². The molecule has 0 radical (unpaired) electrons. The van der Waals surface area contributed by atoms with Crippen LogP contribution in [0.25, 0.3) is 0 Å². The molecule has 0 saturated heterocycles. The van der Waals surface area contributed by atoms with Gasteiger partial charge in [0.05, 0.1) is 9.92 Å². The maximum absolute atomic E-state index is 13.9. The molecule has 21 heavy (non-hydrogen) atoms. The first-order valence-corrected chi connectivity index (χ1v) is 8.77. The van der Waals surface area contributed by atoms with E-state index in [1.165, 1.54) is 10.4 Å². The maximum Gasteiger partial charge on any atom is 0.243 e. The summed E-state index contributed by atoms with van der Waals surface area (Å²) < 4.78 is 40.1. The van der Waals surface area contributed by atoms with Gasteiger partial charge < -0.3 is 5.32 Å². The monoisotopic (exact) mass is 336 g/mol. The van der Waals surface area contributed by atoms with Crippen LogP contribution in [0.3, 0.4) is 0 Å². The summed E-state index contributed by atoms with van der Waals surface area (Å²) in [7, 11) is -3.69. The molecule has 0 bridgehead atoms. The summed E-state index contributed by atoms with van der Waals surface area (Å²) in [5.41, 5.74) is 0.441. The van der Waals surface area contributed by atoms with Crippen molar-refractivity contribution < 1.29 is 12.8 Å². The first-order chi connectivity index (χ1) is 9.73. The fourth-order valence-corrected chi connectivity index (χ4v) is 3.62. The average Bonchev–Trinajstić information content (AvgIpc) is 2.41. The van der Waals surface area contributed by atoms with Crippen LogP contribution in [0.2, 0.25) is 5.02 Å². The molecule has 0 spiro atoms. The normalized spacial score (nSPS) is 12.4. The van der Waals surface area contributed by atoms with Crippen LogP contribution >= 0.6 is 11.6 Å². The standard InChI is InChI=1S/C14H22ClFN2O2S/c1-5-18(6-2)21(19,20)12-7-11(9-17-10(3)4)14(15)13(16)8-12/h7-8,10,17H,5-6,9H2,1-4H3. The second-order valence-corrected chi connectivity index (χ2v) is 7.32. The third-order valence-electron chi connectivity index (χ3n) is 3.12. The van der Waals surface area contributed by atoms with E-state index in [1.807, 2.05) is 13.8 Å². The van der Waals surface area contributed by atoms with Gasteiger partial charge in [0.1, 0.15) is 5.82 Å². The Kier molecular flexibility index (Phi) is 6.59. The average molecular weight is 337 g/mol. The minimum Gasteiger partial charge on any atom is -0.310 e. The zero-order valence-electron chi connectivity index (χ0n) is 12.8. The van der Waals surface area contributed by atoms with Gasteiger partial charge in [-0.15, -0.1) is 0 Å². The molecule has 7 heteroatoms. The van der Waals surface area contributed by atoms with Gasteiger partial charge in [-0.3, -0.25) is 0 Å². The Balaban J connectivity index is 3.26. The summed E-state index contributed by atoms with van der Waals surface area (Å²) in [5, 5.41) is 3.07. The van der Waals surface area contributed by atoms with E-state index in [0.717, 1.165) is 6.07 Å². The SMILES string of the molecule is CCN(CC)S(=O)(=O)c1cc(F)c(Cl)c(CNC(C)C)c1. The van der Waals surface area contributed by atoms with Crippen LogP contribution in [-0.2, 0) is 16.6 Å². The molecule has 0 aromatic heterocycles. The van der Waals surface area contributed by atoms with E-state index < -0.39 is 15.8 Å². The van der Waals surface area contributed by atoms with Crippen LogP contribution in [0.1, 0.15) is 33.3 Å². The van der Waals surface area contributed by atoms with Crippen molar-refractivity contribution in [1.29, 1.82) is 0 Å². The molecule has 0 aliphatic heterocycles. The second kappa shape index (κ2) is 7.54. The number of hydrogen-bond donors (Lipinski definition) is 1. The highest BCUT2D eigenvalue weighted by atomic mass is 35.5. The quantitative estimate of drug-likeness (QED) is 0.832. The molecule has 1 aromatic carbocycles. The molecule has 1 rings (SSSR count). The Hall–Kier alpha value is -0.690. The third kappa shape index (κ3) is 4.39. The van der Waals surface area contributed by atoms with Gasteiger partial charge in [-0.05, 0) is 17.7 Å². The molecular formula is C14H22ClFN2O2S. The van der Waals surface area contributed by atoms with E-state index in [4.69, 9.17) is 11.6 Å². The summed E-state index contributed by atoms with van der Waals surface area (Å²) in [4.78, 5) is -0.0614. The molecule has 1 N–H and O–H groups in total. The molecule has 0 aliphatic rings. The Morgan fingerprint density at radius 2 is 1.86 bits per heavy atom. The Bertz CT molecular complexity index is 587. The zero-order valence-corrected chi connectivity index (χ0v) is 14.4. The Morgan fingerprint density at radius 3 is 2.33 bits per heavy atom. The van der Waals surface area contributed by atoms with Crippen molar-refractivity contribution in [3.8, 4) is 0 Å². The predicted octanol–water partition coefficient (Wildman–Crippen LogP) is 3.01. The number of nitrogens with one attached hydrogen (secondary N) is 1. The van der Waals surface area contributed by atoms with Gasteiger partial charge in [0.25, 0.3) is 0 Å². The number of hydrogen-bond acceptors (Lipinski definition) is 3.